The number of carbonyl (C=O) groups excluding carboxylic acids is 2. The van der Waals surface area contributed by atoms with Crippen LogP contribution < -0.4 is 0 Å². The summed E-state index contributed by atoms with van der Waals surface area (Å²) in [7, 11) is 0. The van der Waals surface area contributed by atoms with Crippen LogP contribution >= 0.6 is 0 Å². The van der Waals surface area contributed by atoms with Crippen LogP contribution in [0.15, 0.2) is 24.3 Å². The maximum atomic E-state index is 12.8. The van der Waals surface area contributed by atoms with Gasteiger partial charge in [-0.05, 0) is 43.5 Å². The number of hydrogen-bond donors (Lipinski definition) is 0. The van der Waals surface area contributed by atoms with Crippen LogP contribution in [-0.2, 0) is 4.79 Å². The Balaban J connectivity index is 2.20. The highest BCUT2D eigenvalue weighted by molar-refractivity contribution is 6.01. The Kier molecular flexibility index (Phi) is 3.75. The molecule has 96 valence electrons. The minimum Gasteiger partial charge on any atom is -0.333 e. The number of rotatable bonds is 2. The Labute approximate surface area is 106 Å². The average Bonchev–Trinajstić information content (AvgIpc) is 2.39. The van der Waals surface area contributed by atoms with Gasteiger partial charge in [-0.25, -0.2) is 4.39 Å². The highest BCUT2D eigenvalue weighted by Gasteiger charge is 2.30. The molecule has 4 heteroatoms. The van der Waals surface area contributed by atoms with Crippen LogP contribution in [-0.4, -0.2) is 29.2 Å². The van der Waals surface area contributed by atoms with Crippen LogP contribution in [0.3, 0.4) is 0 Å². The molecule has 1 amide bonds. The number of ketones is 1. The molecule has 3 nitrogen and oxygen atoms in total. The van der Waals surface area contributed by atoms with Crippen molar-refractivity contribution in [1.29, 1.82) is 0 Å². The van der Waals surface area contributed by atoms with Crippen molar-refractivity contribution in [3.8, 4) is 0 Å². The summed E-state index contributed by atoms with van der Waals surface area (Å²) < 4.78 is 12.8. The van der Waals surface area contributed by atoms with E-state index in [2.05, 4.69) is 0 Å². The molecule has 1 atom stereocenters. The zero-order valence-electron chi connectivity index (χ0n) is 10.4. The fourth-order valence-corrected chi connectivity index (χ4v) is 2.39. The molecule has 1 aliphatic heterocycles. The normalized spacial score (nSPS) is 19.7. The van der Waals surface area contributed by atoms with Crippen LogP contribution in [0.4, 0.5) is 4.39 Å². The molecule has 0 radical (unpaired) electrons. The fourth-order valence-electron chi connectivity index (χ4n) is 2.39. The molecule has 1 saturated heterocycles. The predicted octanol–water partition coefficient (Wildman–Crippen LogP) is 2.41. The Morgan fingerprint density at radius 3 is 2.50 bits per heavy atom. The molecule has 0 N–H and O–H groups in total. The molecule has 18 heavy (non-hydrogen) atoms. The van der Waals surface area contributed by atoms with E-state index in [0.29, 0.717) is 18.5 Å². The molecule has 0 spiro atoms. The predicted molar refractivity (Wildman–Crippen MR) is 65.8 cm³/mol. The molecule has 0 bridgehead atoms. The van der Waals surface area contributed by atoms with Gasteiger partial charge in [-0.2, -0.15) is 0 Å². The van der Waals surface area contributed by atoms with E-state index >= 15 is 0 Å². The topological polar surface area (TPSA) is 37.4 Å². The molecule has 1 aliphatic rings. The van der Waals surface area contributed by atoms with Crippen molar-refractivity contribution in [3.05, 3.63) is 35.6 Å². The zero-order valence-corrected chi connectivity index (χ0v) is 10.4. The van der Waals surface area contributed by atoms with E-state index in [1.54, 1.807) is 4.90 Å². The SMILES string of the molecule is CC(=O)N1CCCCC1C(=O)c1ccc(F)cc1. The molecule has 1 aromatic carbocycles. The molecule has 1 heterocycles. The van der Waals surface area contributed by atoms with Crippen LogP contribution in [0.1, 0.15) is 36.5 Å². The smallest absolute Gasteiger partial charge is 0.220 e. The molecule has 0 aromatic heterocycles. The second-order valence-corrected chi connectivity index (χ2v) is 4.60. The number of carbonyl (C=O) groups is 2. The maximum absolute atomic E-state index is 12.8. The van der Waals surface area contributed by atoms with Gasteiger partial charge in [0.2, 0.25) is 5.91 Å². The first-order chi connectivity index (χ1) is 8.59. The van der Waals surface area contributed by atoms with E-state index in [-0.39, 0.29) is 23.5 Å². The van der Waals surface area contributed by atoms with Gasteiger partial charge in [-0.15, -0.1) is 0 Å². The van der Waals surface area contributed by atoms with Crippen molar-refractivity contribution in [1.82, 2.24) is 4.90 Å². The highest BCUT2D eigenvalue weighted by Crippen LogP contribution is 2.21. The van der Waals surface area contributed by atoms with E-state index in [1.165, 1.54) is 31.2 Å². The molecule has 0 aliphatic carbocycles. The van der Waals surface area contributed by atoms with Crippen molar-refractivity contribution in [2.75, 3.05) is 6.54 Å². The van der Waals surface area contributed by atoms with E-state index < -0.39 is 0 Å². The van der Waals surface area contributed by atoms with Crippen LogP contribution in [0.25, 0.3) is 0 Å². The van der Waals surface area contributed by atoms with Gasteiger partial charge in [0.1, 0.15) is 5.82 Å². The summed E-state index contributed by atoms with van der Waals surface area (Å²) in [6.07, 6.45) is 2.57. The Bertz CT molecular complexity index is 455. The zero-order chi connectivity index (χ0) is 13.1. The lowest BCUT2D eigenvalue weighted by Gasteiger charge is -2.34. The average molecular weight is 249 g/mol. The summed E-state index contributed by atoms with van der Waals surface area (Å²) in [6, 6.07) is 5.11. The Morgan fingerprint density at radius 1 is 1.22 bits per heavy atom. The minimum atomic E-state index is -0.387. The van der Waals surface area contributed by atoms with Crippen molar-refractivity contribution < 1.29 is 14.0 Å². The first-order valence-electron chi connectivity index (χ1n) is 6.16. The lowest BCUT2D eigenvalue weighted by atomic mass is 9.94. The molecule has 2 rings (SSSR count). The fraction of sp³-hybridized carbons (Fsp3) is 0.429. The second kappa shape index (κ2) is 5.29. The second-order valence-electron chi connectivity index (χ2n) is 4.60. The first-order valence-corrected chi connectivity index (χ1v) is 6.16. The van der Waals surface area contributed by atoms with Gasteiger partial charge in [0, 0.05) is 19.0 Å². The van der Waals surface area contributed by atoms with Gasteiger partial charge in [-0.3, -0.25) is 9.59 Å². The summed E-state index contributed by atoms with van der Waals surface area (Å²) in [5, 5.41) is 0. The number of benzene rings is 1. The number of halogens is 1. The van der Waals surface area contributed by atoms with Gasteiger partial charge >= 0.3 is 0 Å². The minimum absolute atomic E-state index is 0.0739. The third-order valence-corrected chi connectivity index (χ3v) is 3.34. The maximum Gasteiger partial charge on any atom is 0.220 e. The van der Waals surface area contributed by atoms with Gasteiger partial charge in [0.25, 0.3) is 0 Å². The summed E-state index contributed by atoms with van der Waals surface area (Å²) in [5.74, 6) is -0.529. The molecule has 0 saturated carbocycles. The number of likely N-dealkylation sites (tertiary alicyclic amines) is 1. The van der Waals surface area contributed by atoms with Crippen molar-refractivity contribution in [2.45, 2.75) is 32.2 Å². The summed E-state index contributed by atoms with van der Waals surface area (Å²) in [4.78, 5) is 25.4. The quantitative estimate of drug-likeness (QED) is 0.755. The lowest BCUT2D eigenvalue weighted by Crippen LogP contribution is -2.47. The van der Waals surface area contributed by atoms with E-state index in [0.717, 1.165) is 12.8 Å². The lowest BCUT2D eigenvalue weighted by molar-refractivity contribution is -0.131. The third kappa shape index (κ3) is 2.58. The number of amides is 1. The van der Waals surface area contributed by atoms with E-state index in [4.69, 9.17) is 0 Å². The summed E-state index contributed by atoms with van der Waals surface area (Å²) >= 11 is 0. The number of piperidine rings is 1. The molecular weight excluding hydrogens is 233 g/mol. The van der Waals surface area contributed by atoms with E-state index in [9.17, 15) is 14.0 Å². The van der Waals surface area contributed by atoms with E-state index in [1.807, 2.05) is 0 Å². The van der Waals surface area contributed by atoms with Gasteiger partial charge in [0.15, 0.2) is 5.78 Å². The molecule has 1 unspecified atom stereocenters. The summed E-state index contributed by atoms with van der Waals surface area (Å²) in [5.41, 5.74) is 0.467. The first kappa shape index (κ1) is 12.7. The molecule has 1 fully saturated rings. The third-order valence-electron chi connectivity index (χ3n) is 3.34. The number of Topliss-reactive ketones (excluding diaryl/α,β-unsaturated/α-hetero) is 1. The Hall–Kier alpha value is -1.71. The van der Waals surface area contributed by atoms with Gasteiger partial charge in [0.05, 0.1) is 6.04 Å². The largest absolute Gasteiger partial charge is 0.333 e. The van der Waals surface area contributed by atoms with Crippen LogP contribution in [0.5, 0.6) is 0 Å². The van der Waals surface area contributed by atoms with Gasteiger partial charge < -0.3 is 4.90 Å². The Morgan fingerprint density at radius 2 is 1.89 bits per heavy atom. The number of nitrogens with zero attached hydrogens (tertiary/aromatic N) is 1. The van der Waals surface area contributed by atoms with Crippen molar-refractivity contribution in [3.63, 3.8) is 0 Å². The molecule has 1 aromatic rings. The number of hydrogen-bond acceptors (Lipinski definition) is 2. The van der Waals surface area contributed by atoms with Crippen LogP contribution in [0.2, 0.25) is 0 Å². The highest BCUT2D eigenvalue weighted by atomic mass is 19.1. The standard InChI is InChI=1S/C14H16FNO2/c1-10(17)16-9-3-2-4-13(16)14(18)11-5-7-12(15)8-6-11/h5-8,13H,2-4,9H2,1H3. The molecular formula is C14H16FNO2. The summed E-state index contributed by atoms with van der Waals surface area (Å²) in [6.45, 7) is 2.11. The van der Waals surface area contributed by atoms with Gasteiger partial charge in [-0.1, -0.05) is 0 Å². The van der Waals surface area contributed by atoms with Crippen molar-refractivity contribution in [2.24, 2.45) is 0 Å². The monoisotopic (exact) mass is 249 g/mol. The van der Waals surface area contributed by atoms with Crippen molar-refractivity contribution >= 4 is 11.7 Å². The van der Waals surface area contributed by atoms with Crippen LogP contribution in [0, 0.1) is 5.82 Å².